The van der Waals surface area contributed by atoms with Crippen LogP contribution in [0.1, 0.15) is 11.4 Å². The lowest BCUT2D eigenvalue weighted by atomic mass is 10.2. The molecule has 2 aromatic heterocycles. The summed E-state index contributed by atoms with van der Waals surface area (Å²) in [6.45, 7) is 4.29. The molecule has 0 unspecified atom stereocenters. The highest BCUT2D eigenvalue weighted by atomic mass is 33.1. The zero-order valence-electron chi connectivity index (χ0n) is 12.4. The predicted molar refractivity (Wildman–Crippen MR) is 97.8 cm³/mol. The SMILES string of the molecule is Cc1[nH]c2ccccc2c1SSc1c(C)[nH]c2ccccc12. The Morgan fingerprint density at radius 1 is 0.636 bits per heavy atom. The molecule has 2 aromatic carbocycles. The zero-order valence-corrected chi connectivity index (χ0v) is 14.1. The summed E-state index contributed by atoms with van der Waals surface area (Å²) in [4.78, 5) is 9.58. The van der Waals surface area contributed by atoms with Gasteiger partial charge in [0.15, 0.2) is 0 Å². The lowest BCUT2D eigenvalue weighted by Crippen LogP contribution is -1.74. The number of rotatable bonds is 3. The Morgan fingerprint density at radius 2 is 1.05 bits per heavy atom. The first-order valence-corrected chi connectivity index (χ1v) is 9.38. The van der Waals surface area contributed by atoms with Gasteiger partial charge in [-0.15, -0.1) is 0 Å². The summed E-state index contributed by atoms with van der Waals surface area (Å²) in [5.74, 6) is 0. The number of nitrogens with one attached hydrogen (secondary N) is 2. The monoisotopic (exact) mass is 324 g/mol. The van der Waals surface area contributed by atoms with E-state index in [1.807, 2.05) is 21.6 Å². The maximum absolute atomic E-state index is 3.47. The minimum absolute atomic E-state index is 1.21. The quantitative estimate of drug-likeness (QED) is 0.448. The van der Waals surface area contributed by atoms with E-state index >= 15 is 0 Å². The topological polar surface area (TPSA) is 31.6 Å². The number of H-pyrrole nitrogens is 2. The third-order valence-electron chi connectivity index (χ3n) is 3.88. The largest absolute Gasteiger partial charge is 0.358 e. The van der Waals surface area contributed by atoms with Gasteiger partial charge in [-0.25, -0.2) is 0 Å². The molecular formula is C18H16N2S2. The summed E-state index contributed by atoms with van der Waals surface area (Å²) >= 11 is 0. The first kappa shape index (κ1) is 13.9. The van der Waals surface area contributed by atoms with Gasteiger partial charge in [0.25, 0.3) is 0 Å². The number of aryl methyl sites for hydroxylation is 2. The van der Waals surface area contributed by atoms with Crippen molar-refractivity contribution in [3.05, 3.63) is 59.9 Å². The number of hydrogen-bond acceptors (Lipinski definition) is 2. The molecule has 110 valence electrons. The van der Waals surface area contributed by atoms with Crippen LogP contribution in [0.25, 0.3) is 21.8 Å². The summed E-state index contributed by atoms with van der Waals surface area (Å²) in [6.07, 6.45) is 0. The molecule has 0 aliphatic heterocycles. The number of hydrogen-bond donors (Lipinski definition) is 2. The summed E-state index contributed by atoms with van der Waals surface area (Å²) in [6, 6.07) is 17.0. The second kappa shape index (κ2) is 5.45. The van der Waals surface area contributed by atoms with Crippen molar-refractivity contribution in [3.63, 3.8) is 0 Å². The molecule has 4 heteroatoms. The normalized spacial score (nSPS) is 11.5. The molecule has 0 radical (unpaired) electrons. The highest BCUT2D eigenvalue weighted by molar-refractivity contribution is 8.76. The van der Waals surface area contributed by atoms with Crippen molar-refractivity contribution in [3.8, 4) is 0 Å². The van der Waals surface area contributed by atoms with E-state index in [0.29, 0.717) is 0 Å². The minimum Gasteiger partial charge on any atom is -0.358 e. The Hall–Kier alpha value is -1.78. The van der Waals surface area contributed by atoms with Crippen LogP contribution in [0, 0.1) is 13.8 Å². The van der Waals surface area contributed by atoms with Crippen molar-refractivity contribution in [2.45, 2.75) is 23.6 Å². The molecule has 0 aliphatic rings. The summed E-state index contributed by atoms with van der Waals surface area (Å²) < 4.78 is 0. The first-order chi connectivity index (χ1) is 10.7. The van der Waals surface area contributed by atoms with Crippen LogP contribution >= 0.6 is 21.6 Å². The van der Waals surface area contributed by atoms with Gasteiger partial charge < -0.3 is 9.97 Å². The molecule has 0 saturated carbocycles. The molecule has 4 rings (SSSR count). The molecule has 0 aliphatic carbocycles. The third kappa shape index (κ3) is 2.23. The summed E-state index contributed by atoms with van der Waals surface area (Å²) in [7, 11) is 3.67. The van der Waals surface area contributed by atoms with Crippen molar-refractivity contribution in [2.75, 3.05) is 0 Å². The van der Waals surface area contributed by atoms with Gasteiger partial charge in [-0.05, 0) is 47.6 Å². The van der Waals surface area contributed by atoms with Gasteiger partial charge in [0, 0.05) is 43.0 Å². The van der Waals surface area contributed by atoms with E-state index in [2.05, 4.69) is 72.3 Å². The highest BCUT2D eigenvalue weighted by Crippen LogP contribution is 2.45. The van der Waals surface area contributed by atoms with E-state index in [0.717, 1.165) is 0 Å². The molecule has 2 N–H and O–H groups in total. The Balaban J connectivity index is 1.72. The Kier molecular flexibility index (Phi) is 3.43. The zero-order chi connectivity index (χ0) is 15.1. The molecule has 0 bridgehead atoms. The van der Waals surface area contributed by atoms with Gasteiger partial charge in [-0.1, -0.05) is 36.4 Å². The fraction of sp³-hybridized carbons (Fsp3) is 0.111. The van der Waals surface area contributed by atoms with Crippen molar-refractivity contribution in [1.82, 2.24) is 9.97 Å². The number of para-hydroxylation sites is 2. The van der Waals surface area contributed by atoms with E-state index in [-0.39, 0.29) is 0 Å². The number of aromatic nitrogens is 2. The molecule has 2 nitrogen and oxygen atoms in total. The van der Waals surface area contributed by atoms with Crippen LogP contribution in [0.2, 0.25) is 0 Å². The Bertz CT molecular complexity index is 886. The standard InChI is InChI=1S/C18H16N2S2/c1-11-17(13-7-3-5-9-15(13)19-11)21-22-18-12(2)20-16-10-6-4-8-14(16)18/h3-10,19-20H,1-2H3. The van der Waals surface area contributed by atoms with Gasteiger partial charge >= 0.3 is 0 Å². The van der Waals surface area contributed by atoms with Crippen LogP contribution in [-0.4, -0.2) is 9.97 Å². The molecule has 0 saturated heterocycles. The van der Waals surface area contributed by atoms with E-state index in [1.165, 1.54) is 43.0 Å². The Labute approximate surface area is 137 Å². The second-order valence-electron chi connectivity index (χ2n) is 5.42. The maximum Gasteiger partial charge on any atom is 0.0469 e. The van der Waals surface area contributed by atoms with Crippen LogP contribution in [0.5, 0.6) is 0 Å². The lowest BCUT2D eigenvalue weighted by molar-refractivity contribution is 1.23. The molecule has 2 heterocycles. The van der Waals surface area contributed by atoms with Crippen LogP contribution in [0.4, 0.5) is 0 Å². The van der Waals surface area contributed by atoms with Crippen molar-refractivity contribution >= 4 is 43.4 Å². The van der Waals surface area contributed by atoms with E-state index in [1.54, 1.807) is 0 Å². The number of fused-ring (bicyclic) bond motifs is 2. The lowest BCUT2D eigenvalue weighted by Gasteiger charge is -2.02. The second-order valence-corrected chi connectivity index (χ2v) is 7.57. The van der Waals surface area contributed by atoms with Crippen LogP contribution in [-0.2, 0) is 0 Å². The van der Waals surface area contributed by atoms with Crippen molar-refractivity contribution < 1.29 is 0 Å². The van der Waals surface area contributed by atoms with E-state index in [4.69, 9.17) is 0 Å². The Morgan fingerprint density at radius 3 is 1.50 bits per heavy atom. The predicted octanol–water partition coefficient (Wildman–Crippen LogP) is 6.07. The van der Waals surface area contributed by atoms with E-state index < -0.39 is 0 Å². The average Bonchev–Trinajstić information content (AvgIpc) is 3.01. The van der Waals surface area contributed by atoms with Crippen LogP contribution in [0.3, 0.4) is 0 Å². The summed E-state index contributed by atoms with van der Waals surface area (Å²) in [5, 5.41) is 2.60. The molecule has 0 spiro atoms. The number of benzene rings is 2. The van der Waals surface area contributed by atoms with E-state index in [9.17, 15) is 0 Å². The smallest absolute Gasteiger partial charge is 0.0469 e. The van der Waals surface area contributed by atoms with Gasteiger partial charge in [0.2, 0.25) is 0 Å². The van der Waals surface area contributed by atoms with Crippen LogP contribution < -0.4 is 0 Å². The highest BCUT2D eigenvalue weighted by Gasteiger charge is 2.13. The first-order valence-electron chi connectivity index (χ1n) is 7.23. The molecule has 0 fully saturated rings. The molecule has 22 heavy (non-hydrogen) atoms. The maximum atomic E-state index is 3.47. The fourth-order valence-electron chi connectivity index (χ4n) is 2.80. The van der Waals surface area contributed by atoms with Gasteiger partial charge in [0.05, 0.1) is 0 Å². The minimum atomic E-state index is 1.21. The number of aromatic amines is 2. The van der Waals surface area contributed by atoms with Crippen molar-refractivity contribution in [1.29, 1.82) is 0 Å². The van der Waals surface area contributed by atoms with Gasteiger partial charge in [-0.3, -0.25) is 0 Å². The van der Waals surface area contributed by atoms with Crippen molar-refractivity contribution in [2.24, 2.45) is 0 Å². The molecule has 0 amide bonds. The summed E-state index contributed by atoms with van der Waals surface area (Å²) in [5.41, 5.74) is 4.88. The van der Waals surface area contributed by atoms with Gasteiger partial charge in [-0.2, -0.15) is 0 Å². The fourth-order valence-corrected chi connectivity index (χ4v) is 5.64. The average molecular weight is 324 g/mol. The van der Waals surface area contributed by atoms with Crippen LogP contribution in [0.15, 0.2) is 58.3 Å². The molecule has 4 aromatic rings. The van der Waals surface area contributed by atoms with Gasteiger partial charge in [0.1, 0.15) is 0 Å². The third-order valence-corrected chi connectivity index (χ3v) is 6.60. The molecule has 0 atom stereocenters. The molecular weight excluding hydrogens is 308 g/mol.